The van der Waals surface area contributed by atoms with Crippen LogP contribution in [0.25, 0.3) is 10.9 Å². The summed E-state index contributed by atoms with van der Waals surface area (Å²) < 4.78 is 13.8. The maximum absolute atomic E-state index is 13.8. The SMILES string of the molecule is C[C@@H](C(=O)NNC(=O)c1ccc(C#N)cc1)C1CCC(c2ccnc3ccc(F)cc23)CC1. The Kier molecular flexibility index (Phi) is 6.64. The molecule has 33 heavy (non-hydrogen) atoms. The van der Waals surface area contributed by atoms with Crippen molar-refractivity contribution >= 4 is 22.7 Å². The first-order valence-electron chi connectivity index (χ1n) is 11.1. The molecule has 0 bridgehead atoms. The van der Waals surface area contributed by atoms with Crippen molar-refractivity contribution < 1.29 is 14.0 Å². The number of benzene rings is 2. The van der Waals surface area contributed by atoms with Gasteiger partial charge in [-0.1, -0.05) is 6.92 Å². The van der Waals surface area contributed by atoms with Crippen molar-refractivity contribution in [2.45, 2.75) is 38.5 Å². The van der Waals surface area contributed by atoms with Crippen molar-refractivity contribution in [1.29, 1.82) is 5.26 Å². The zero-order valence-electron chi connectivity index (χ0n) is 18.3. The van der Waals surface area contributed by atoms with Crippen LogP contribution in [0, 0.1) is 29.0 Å². The fourth-order valence-corrected chi connectivity index (χ4v) is 4.64. The van der Waals surface area contributed by atoms with Crippen LogP contribution < -0.4 is 10.9 Å². The summed E-state index contributed by atoms with van der Waals surface area (Å²) in [6, 6.07) is 14.8. The fraction of sp³-hybridized carbons (Fsp3) is 0.308. The van der Waals surface area contributed by atoms with E-state index in [-0.39, 0.29) is 23.6 Å². The molecule has 1 atom stereocenters. The van der Waals surface area contributed by atoms with Gasteiger partial charge in [0.15, 0.2) is 0 Å². The predicted octanol–water partition coefficient (Wildman–Crippen LogP) is 4.62. The number of aromatic nitrogens is 1. The Morgan fingerprint density at radius 2 is 1.79 bits per heavy atom. The summed E-state index contributed by atoms with van der Waals surface area (Å²) >= 11 is 0. The van der Waals surface area contributed by atoms with Gasteiger partial charge in [0, 0.05) is 23.1 Å². The van der Waals surface area contributed by atoms with E-state index in [1.165, 1.54) is 6.07 Å². The van der Waals surface area contributed by atoms with Gasteiger partial charge >= 0.3 is 0 Å². The Bertz CT molecular complexity index is 1210. The van der Waals surface area contributed by atoms with E-state index in [1.54, 1.807) is 42.6 Å². The minimum absolute atomic E-state index is 0.206. The number of hydrogen-bond acceptors (Lipinski definition) is 4. The van der Waals surface area contributed by atoms with Crippen LogP contribution in [-0.2, 0) is 4.79 Å². The monoisotopic (exact) mass is 444 g/mol. The molecule has 0 aliphatic heterocycles. The minimum Gasteiger partial charge on any atom is -0.273 e. The molecule has 0 radical (unpaired) electrons. The van der Waals surface area contributed by atoms with Crippen LogP contribution in [0.3, 0.4) is 0 Å². The summed E-state index contributed by atoms with van der Waals surface area (Å²) in [5.74, 6) is -0.659. The van der Waals surface area contributed by atoms with Gasteiger partial charge in [-0.3, -0.25) is 25.4 Å². The molecule has 1 fully saturated rings. The molecule has 1 aromatic heterocycles. The molecular weight excluding hydrogens is 419 g/mol. The van der Waals surface area contributed by atoms with E-state index in [4.69, 9.17) is 5.26 Å². The zero-order chi connectivity index (χ0) is 23.4. The maximum Gasteiger partial charge on any atom is 0.269 e. The summed E-state index contributed by atoms with van der Waals surface area (Å²) in [5.41, 5.74) is 7.71. The average molecular weight is 445 g/mol. The third kappa shape index (κ3) is 5.01. The molecule has 0 unspecified atom stereocenters. The highest BCUT2D eigenvalue weighted by molar-refractivity contribution is 5.95. The van der Waals surface area contributed by atoms with E-state index in [9.17, 15) is 14.0 Å². The lowest BCUT2D eigenvalue weighted by molar-refractivity contribution is -0.127. The second-order valence-electron chi connectivity index (χ2n) is 8.59. The van der Waals surface area contributed by atoms with Gasteiger partial charge in [-0.25, -0.2) is 4.39 Å². The zero-order valence-corrected chi connectivity index (χ0v) is 18.3. The summed E-state index contributed by atoms with van der Waals surface area (Å²) in [6.07, 6.45) is 5.35. The number of nitriles is 1. The predicted molar refractivity (Wildman–Crippen MR) is 122 cm³/mol. The first kappa shape index (κ1) is 22.4. The van der Waals surface area contributed by atoms with Gasteiger partial charge in [0.05, 0.1) is 17.1 Å². The third-order valence-electron chi connectivity index (χ3n) is 6.65. The van der Waals surface area contributed by atoms with Gasteiger partial charge in [-0.15, -0.1) is 0 Å². The number of nitrogens with zero attached hydrogens (tertiary/aromatic N) is 2. The van der Waals surface area contributed by atoms with Crippen LogP contribution in [0.5, 0.6) is 0 Å². The number of carbonyl (C=O) groups is 2. The molecule has 0 saturated heterocycles. The first-order chi connectivity index (χ1) is 16.0. The Morgan fingerprint density at radius 1 is 1.06 bits per heavy atom. The quantitative estimate of drug-likeness (QED) is 0.574. The van der Waals surface area contributed by atoms with Crippen molar-refractivity contribution in [2.24, 2.45) is 11.8 Å². The smallest absolute Gasteiger partial charge is 0.269 e. The van der Waals surface area contributed by atoms with Crippen molar-refractivity contribution in [2.75, 3.05) is 0 Å². The summed E-state index contributed by atoms with van der Waals surface area (Å²) in [7, 11) is 0. The maximum atomic E-state index is 13.8. The molecule has 7 heteroatoms. The lowest BCUT2D eigenvalue weighted by Crippen LogP contribution is -2.45. The second kappa shape index (κ2) is 9.78. The molecule has 6 nitrogen and oxygen atoms in total. The molecular formula is C26H25FN4O2. The van der Waals surface area contributed by atoms with E-state index in [0.29, 0.717) is 17.0 Å². The van der Waals surface area contributed by atoms with E-state index in [0.717, 1.165) is 42.1 Å². The topological polar surface area (TPSA) is 94.9 Å². The average Bonchev–Trinajstić information content (AvgIpc) is 2.86. The first-order valence-corrected chi connectivity index (χ1v) is 11.1. The van der Waals surface area contributed by atoms with Gasteiger partial charge < -0.3 is 0 Å². The Morgan fingerprint density at radius 3 is 2.48 bits per heavy atom. The largest absolute Gasteiger partial charge is 0.273 e. The van der Waals surface area contributed by atoms with Gasteiger partial charge in [0.1, 0.15) is 5.82 Å². The third-order valence-corrected chi connectivity index (χ3v) is 6.65. The standard InChI is InChI=1S/C26H25FN4O2/c1-16(25(32)30-31-26(33)20-4-2-17(15-28)3-5-20)18-6-8-19(9-7-18)22-12-13-29-24-11-10-21(27)14-23(22)24/h2-5,10-14,16,18-19H,6-9H2,1H3,(H,30,32)(H,31,33)/t16-,18?,19?/m1/s1. The van der Waals surface area contributed by atoms with E-state index >= 15 is 0 Å². The van der Waals surface area contributed by atoms with Crippen molar-refractivity contribution in [3.63, 3.8) is 0 Å². The lowest BCUT2D eigenvalue weighted by atomic mass is 9.73. The highest BCUT2D eigenvalue weighted by atomic mass is 19.1. The van der Waals surface area contributed by atoms with Crippen LogP contribution in [0.2, 0.25) is 0 Å². The van der Waals surface area contributed by atoms with Gasteiger partial charge in [-0.05, 0) is 91.6 Å². The van der Waals surface area contributed by atoms with Crippen LogP contribution >= 0.6 is 0 Å². The Balaban J connectivity index is 1.32. The molecule has 3 aromatic rings. The molecule has 1 aliphatic rings. The molecule has 2 amide bonds. The van der Waals surface area contributed by atoms with Crippen molar-refractivity contribution in [3.8, 4) is 6.07 Å². The normalized spacial score (nSPS) is 18.8. The molecule has 2 aromatic carbocycles. The molecule has 1 saturated carbocycles. The van der Waals surface area contributed by atoms with Crippen molar-refractivity contribution in [3.05, 3.63) is 77.2 Å². The number of rotatable bonds is 4. The summed E-state index contributed by atoms with van der Waals surface area (Å²) in [4.78, 5) is 29.2. The number of nitrogens with one attached hydrogen (secondary N) is 2. The highest BCUT2D eigenvalue weighted by Gasteiger charge is 2.30. The molecule has 0 spiro atoms. The van der Waals surface area contributed by atoms with Crippen LogP contribution in [-0.4, -0.2) is 16.8 Å². The molecule has 168 valence electrons. The number of hydrazine groups is 1. The summed E-state index contributed by atoms with van der Waals surface area (Å²) in [6.45, 7) is 1.88. The molecule has 4 rings (SSSR count). The van der Waals surface area contributed by atoms with Crippen LogP contribution in [0.1, 0.15) is 60.0 Å². The minimum atomic E-state index is -0.430. The van der Waals surface area contributed by atoms with E-state index < -0.39 is 5.91 Å². The molecule has 2 N–H and O–H groups in total. The lowest BCUT2D eigenvalue weighted by Gasteiger charge is -2.32. The molecule has 1 heterocycles. The Labute approximate surface area is 191 Å². The summed E-state index contributed by atoms with van der Waals surface area (Å²) in [5, 5.41) is 9.70. The highest BCUT2D eigenvalue weighted by Crippen LogP contribution is 2.40. The number of pyridine rings is 1. The van der Waals surface area contributed by atoms with Crippen LogP contribution in [0.15, 0.2) is 54.7 Å². The second-order valence-corrected chi connectivity index (χ2v) is 8.59. The van der Waals surface area contributed by atoms with E-state index in [2.05, 4.69) is 15.8 Å². The Hall–Kier alpha value is -3.79. The number of hydrogen-bond donors (Lipinski definition) is 2. The number of halogens is 1. The number of amides is 2. The van der Waals surface area contributed by atoms with Crippen molar-refractivity contribution in [1.82, 2.24) is 15.8 Å². The van der Waals surface area contributed by atoms with Gasteiger partial charge in [-0.2, -0.15) is 5.26 Å². The number of fused-ring (bicyclic) bond motifs is 1. The van der Waals surface area contributed by atoms with Gasteiger partial charge in [0.25, 0.3) is 5.91 Å². The number of carbonyl (C=O) groups excluding carboxylic acids is 2. The fourth-order valence-electron chi connectivity index (χ4n) is 4.64. The van der Waals surface area contributed by atoms with Crippen LogP contribution in [0.4, 0.5) is 4.39 Å². The van der Waals surface area contributed by atoms with Gasteiger partial charge in [0.2, 0.25) is 5.91 Å². The molecule has 1 aliphatic carbocycles. The van der Waals surface area contributed by atoms with E-state index in [1.807, 2.05) is 19.1 Å².